The second-order valence-electron chi connectivity index (χ2n) is 7.05. The number of benzene rings is 1. The molecule has 0 fully saturated rings. The number of thiophene rings is 1. The fourth-order valence-corrected chi connectivity index (χ4v) is 2.80. The number of amides is 2. The number of ether oxygens (including phenoxy) is 2. The molecule has 0 bridgehead atoms. The molecule has 0 unspecified atom stereocenters. The second kappa shape index (κ2) is 9.36. The molecule has 0 aliphatic heterocycles. The number of esters is 1. The highest BCUT2D eigenvalue weighted by Crippen LogP contribution is 2.15. The summed E-state index contributed by atoms with van der Waals surface area (Å²) >= 11 is 1.53. The van der Waals surface area contributed by atoms with Gasteiger partial charge in [0.05, 0.1) is 12.1 Å². The van der Waals surface area contributed by atoms with E-state index in [1.165, 1.54) is 24.3 Å². The van der Waals surface area contributed by atoms with Crippen molar-refractivity contribution in [3.8, 4) is 0 Å². The normalized spacial score (nSPS) is 12.0. The monoisotopic (exact) mass is 404 g/mol. The second-order valence-corrected chi connectivity index (χ2v) is 8.08. The third kappa shape index (κ3) is 7.03. The van der Waals surface area contributed by atoms with E-state index in [1.54, 1.807) is 39.0 Å². The van der Waals surface area contributed by atoms with Crippen molar-refractivity contribution < 1.29 is 23.9 Å². The standard InChI is InChI=1S/C20H24N2O5S/c1-13(17(23)21-12-16-9-6-10-28-16)26-18(24)14-7-5-8-15(11-14)22-19(25)27-20(2,3)4/h5-11,13H,12H2,1-4H3,(H,21,23)(H,22,25)/t13-/m0/s1. The molecule has 1 aromatic carbocycles. The van der Waals surface area contributed by atoms with Crippen LogP contribution in [0.15, 0.2) is 41.8 Å². The number of hydrogen-bond acceptors (Lipinski definition) is 6. The van der Waals surface area contributed by atoms with E-state index in [0.29, 0.717) is 12.2 Å². The molecule has 0 saturated carbocycles. The zero-order valence-electron chi connectivity index (χ0n) is 16.3. The molecule has 7 nitrogen and oxygen atoms in total. The van der Waals surface area contributed by atoms with Crippen LogP contribution < -0.4 is 10.6 Å². The lowest BCUT2D eigenvalue weighted by Gasteiger charge is -2.19. The van der Waals surface area contributed by atoms with E-state index in [2.05, 4.69) is 10.6 Å². The Balaban J connectivity index is 1.90. The predicted octanol–water partition coefficient (Wildman–Crippen LogP) is 3.96. The van der Waals surface area contributed by atoms with Crippen LogP contribution in [0.1, 0.15) is 42.9 Å². The maximum atomic E-state index is 12.3. The van der Waals surface area contributed by atoms with Crippen LogP contribution in [0.3, 0.4) is 0 Å². The third-order valence-electron chi connectivity index (χ3n) is 3.41. The van der Waals surface area contributed by atoms with Crippen LogP contribution in [0.25, 0.3) is 0 Å². The fraction of sp³-hybridized carbons (Fsp3) is 0.350. The van der Waals surface area contributed by atoms with Gasteiger partial charge in [-0.15, -0.1) is 11.3 Å². The van der Waals surface area contributed by atoms with Crippen LogP contribution in [0, 0.1) is 0 Å². The van der Waals surface area contributed by atoms with E-state index < -0.39 is 23.8 Å². The number of nitrogens with one attached hydrogen (secondary N) is 2. The Bertz CT molecular complexity index is 827. The molecule has 2 amide bonds. The van der Waals surface area contributed by atoms with Crippen LogP contribution in [0.5, 0.6) is 0 Å². The Labute approximate surface area is 168 Å². The van der Waals surface area contributed by atoms with Crippen LogP contribution >= 0.6 is 11.3 Å². The van der Waals surface area contributed by atoms with E-state index in [-0.39, 0.29) is 11.5 Å². The molecular weight excluding hydrogens is 380 g/mol. The van der Waals surface area contributed by atoms with E-state index >= 15 is 0 Å². The van der Waals surface area contributed by atoms with Crippen LogP contribution in [-0.4, -0.2) is 29.7 Å². The van der Waals surface area contributed by atoms with Crippen molar-refractivity contribution in [1.29, 1.82) is 0 Å². The van der Waals surface area contributed by atoms with Gasteiger partial charge in [-0.2, -0.15) is 0 Å². The topological polar surface area (TPSA) is 93.7 Å². The number of carbonyl (C=O) groups excluding carboxylic acids is 3. The fourth-order valence-electron chi connectivity index (χ4n) is 2.16. The summed E-state index contributed by atoms with van der Waals surface area (Å²) in [5.41, 5.74) is -0.0306. The van der Waals surface area contributed by atoms with Gasteiger partial charge >= 0.3 is 12.1 Å². The average molecular weight is 404 g/mol. The first kappa shape index (κ1) is 21.4. The van der Waals surface area contributed by atoms with E-state index in [1.807, 2.05) is 17.5 Å². The maximum Gasteiger partial charge on any atom is 0.412 e. The molecule has 1 aromatic heterocycles. The SMILES string of the molecule is C[C@H](OC(=O)c1cccc(NC(=O)OC(C)(C)C)c1)C(=O)NCc1cccs1. The molecule has 0 aliphatic carbocycles. The Morgan fingerprint density at radius 1 is 1.14 bits per heavy atom. The number of carbonyl (C=O) groups is 3. The molecule has 0 radical (unpaired) electrons. The molecule has 1 heterocycles. The molecular formula is C20H24N2O5S. The van der Waals surface area contributed by atoms with Gasteiger partial charge < -0.3 is 14.8 Å². The molecule has 0 aliphatic rings. The van der Waals surface area contributed by atoms with Gasteiger partial charge in [0.1, 0.15) is 5.60 Å². The first-order valence-corrected chi connectivity index (χ1v) is 9.63. The van der Waals surface area contributed by atoms with Gasteiger partial charge in [0.25, 0.3) is 5.91 Å². The Morgan fingerprint density at radius 3 is 2.54 bits per heavy atom. The summed E-state index contributed by atoms with van der Waals surface area (Å²) < 4.78 is 10.4. The van der Waals surface area contributed by atoms with Gasteiger partial charge in [-0.25, -0.2) is 9.59 Å². The van der Waals surface area contributed by atoms with Crippen LogP contribution in [-0.2, 0) is 20.8 Å². The lowest BCUT2D eigenvalue weighted by atomic mass is 10.2. The first-order valence-electron chi connectivity index (χ1n) is 8.75. The van der Waals surface area contributed by atoms with Crippen molar-refractivity contribution in [1.82, 2.24) is 5.32 Å². The highest BCUT2D eigenvalue weighted by atomic mass is 32.1. The highest BCUT2D eigenvalue weighted by Gasteiger charge is 2.20. The Morgan fingerprint density at radius 2 is 1.89 bits per heavy atom. The predicted molar refractivity (Wildman–Crippen MR) is 107 cm³/mol. The van der Waals surface area contributed by atoms with Crippen molar-refractivity contribution in [2.75, 3.05) is 5.32 Å². The van der Waals surface area contributed by atoms with Crippen molar-refractivity contribution >= 4 is 35.0 Å². The Kier molecular flexibility index (Phi) is 7.17. The molecule has 0 spiro atoms. The van der Waals surface area contributed by atoms with Crippen molar-refractivity contribution in [2.24, 2.45) is 0 Å². The largest absolute Gasteiger partial charge is 0.449 e. The van der Waals surface area contributed by atoms with Gasteiger partial charge in [-0.05, 0) is 57.3 Å². The van der Waals surface area contributed by atoms with Crippen LogP contribution in [0.4, 0.5) is 10.5 Å². The average Bonchev–Trinajstić information content (AvgIpc) is 3.11. The summed E-state index contributed by atoms with van der Waals surface area (Å²) in [5.74, 6) is -1.05. The molecule has 8 heteroatoms. The van der Waals surface area contributed by atoms with Crippen molar-refractivity contribution in [2.45, 2.75) is 45.9 Å². The molecule has 150 valence electrons. The highest BCUT2D eigenvalue weighted by molar-refractivity contribution is 7.09. The molecule has 2 rings (SSSR count). The zero-order chi connectivity index (χ0) is 20.7. The van der Waals surface area contributed by atoms with Gasteiger partial charge in [0.15, 0.2) is 6.10 Å². The van der Waals surface area contributed by atoms with Crippen LogP contribution in [0.2, 0.25) is 0 Å². The van der Waals surface area contributed by atoms with Crippen molar-refractivity contribution in [3.63, 3.8) is 0 Å². The summed E-state index contributed by atoms with van der Waals surface area (Å²) in [6.45, 7) is 7.15. The van der Waals surface area contributed by atoms with E-state index in [0.717, 1.165) is 4.88 Å². The molecule has 1 atom stereocenters. The minimum Gasteiger partial charge on any atom is -0.449 e. The quantitative estimate of drug-likeness (QED) is 0.711. The van der Waals surface area contributed by atoms with Crippen molar-refractivity contribution in [3.05, 3.63) is 52.2 Å². The number of anilines is 1. The van der Waals surface area contributed by atoms with E-state index in [9.17, 15) is 14.4 Å². The summed E-state index contributed by atoms with van der Waals surface area (Å²) in [5, 5.41) is 7.20. The van der Waals surface area contributed by atoms with Gasteiger partial charge in [-0.1, -0.05) is 12.1 Å². The molecule has 0 saturated heterocycles. The minimum atomic E-state index is -0.949. The van der Waals surface area contributed by atoms with Gasteiger partial charge in [-0.3, -0.25) is 10.1 Å². The maximum absolute atomic E-state index is 12.3. The summed E-state index contributed by atoms with van der Waals surface area (Å²) in [7, 11) is 0. The molecule has 2 aromatic rings. The third-order valence-corrected chi connectivity index (χ3v) is 4.29. The first-order chi connectivity index (χ1) is 13.1. The van der Waals surface area contributed by atoms with E-state index in [4.69, 9.17) is 9.47 Å². The minimum absolute atomic E-state index is 0.214. The summed E-state index contributed by atoms with van der Waals surface area (Å²) in [6.07, 6.45) is -1.57. The van der Waals surface area contributed by atoms with Gasteiger partial charge in [0.2, 0.25) is 0 Å². The molecule has 2 N–H and O–H groups in total. The molecule has 28 heavy (non-hydrogen) atoms. The summed E-state index contributed by atoms with van der Waals surface area (Å²) in [6, 6.07) is 10.0. The summed E-state index contributed by atoms with van der Waals surface area (Å²) in [4.78, 5) is 37.3. The number of hydrogen-bond donors (Lipinski definition) is 2. The zero-order valence-corrected chi connectivity index (χ0v) is 17.1. The smallest absolute Gasteiger partial charge is 0.412 e. The number of rotatable bonds is 6. The lowest BCUT2D eigenvalue weighted by molar-refractivity contribution is -0.129. The lowest BCUT2D eigenvalue weighted by Crippen LogP contribution is -2.35. The van der Waals surface area contributed by atoms with Gasteiger partial charge in [0, 0.05) is 10.6 Å². The Hall–Kier alpha value is -2.87.